The second-order valence-electron chi connectivity index (χ2n) is 4.26. The van der Waals surface area contributed by atoms with Crippen LogP contribution < -0.4 is 5.32 Å². The lowest BCUT2D eigenvalue weighted by atomic mass is 10.0. The van der Waals surface area contributed by atoms with Crippen LogP contribution in [-0.2, 0) is 9.53 Å². The lowest BCUT2D eigenvalue weighted by Crippen LogP contribution is -2.47. The Labute approximate surface area is 129 Å². The molecule has 7 heteroatoms. The summed E-state index contributed by atoms with van der Waals surface area (Å²) in [7, 11) is 1.34. The van der Waals surface area contributed by atoms with E-state index in [9.17, 15) is 9.59 Å². The van der Waals surface area contributed by atoms with Crippen LogP contribution in [0.15, 0.2) is 27.2 Å². The molecule has 0 saturated carbocycles. The maximum atomic E-state index is 12.1. The van der Waals surface area contributed by atoms with Crippen LogP contribution in [0.1, 0.15) is 24.8 Å². The van der Waals surface area contributed by atoms with E-state index in [0.29, 0.717) is 17.8 Å². The third kappa shape index (κ3) is 2.60. The number of allylic oxidation sites excluding steroid dienone is 1. The van der Waals surface area contributed by atoms with E-state index in [0.717, 1.165) is 8.66 Å². The molecule has 2 amide bonds. The fourth-order valence-electron chi connectivity index (χ4n) is 2.23. The fraction of sp³-hybridized carbons (Fsp3) is 0.385. The smallest absolute Gasteiger partial charge is 0.338 e. The highest BCUT2D eigenvalue weighted by Gasteiger charge is 2.36. The Kier molecular flexibility index (Phi) is 4.49. The van der Waals surface area contributed by atoms with E-state index in [1.54, 1.807) is 6.92 Å². The van der Waals surface area contributed by atoms with Gasteiger partial charge < -0.3 is 10.1 Å². The van der Waals surface area contributed by atoms with Crippen molar-refractivity contribution in [2.45, 2.75) is 19.9 Å². The zero-order chi connectivity index (χ0) is 14.9. The molecule has 0 aromatic carbocycles. The zero-order valence-corrected chi connectivity index (χ0v) is 13.8. The van der Waals surface area contributed by atoms with Crippen LogP contribution in [0.5, 0.6) is 0 Å². The van der Waals surface area contributed by atoms with E-state index in [1.807, 2.05) is 19.1 Å². The molecule has 2 rings (SSSR count). The molecule has 0 radical (unpaired) electrons. The molecule has 0 aliphatic carbocycles. The van der Waals surface area contributed by atoms with Gasteiger partial charge in [-0.1, -0.05) is 0 Å². The maximum absolute atomic E-state index is 12.1. The minimum Gasteiger partial charge on any atom is -0.466 e. The van der Waals surface area contributed by atoms with Gasteiger partial charge in [-0.15, -0.1) is 11.3 Å². The molecule has 1 aromatic heterocycles. The van der Waals surface area contributed by atoms with Crippen molar-refractivity contribution < 1.29 is 14.3 Å². The number of nitrogens with one attached hydrogen (secondary N) is 1. The van der Waals surface area contributed by atoms with E-state index in [2.05, 4.69) is 21.2 Å². The van der Waals surface area contributed by atoms with Crippen LogP contribution in [0, 0.1) is 0 Å². The standard InChI is InChI=1S/C13H15BrN2O3S/c1-4-16-7(2)10(12(17)19-3)11(15-13(16)18)8-5-6-9(14)20-8/h5-6,11H,4H2,1-3H3,(H,15,18)/t11-/m1/s1. The Hall–Kier alpha value is -1.34. The molecular weight excluding hydrogens is 344 g/mol. The number of methoxy groups -OCH3 is 1. The topological polar surface area (TPSA) is 58.6 Å². The average Bonchev–Trinajstić information content (AvgIpc) is 2.84. The third-order valence-electron chi connectivity index (χ3n) is 3.20. The minimum atomic E-state index is -0.464. The highest BCUT2D eigenvalue weighted by Crippen LogP contribution is 2.36. The highest BCUT2D eigenvalue weighted by atomic mass is 79.9. The number of halogens is 1. The Balaban J connectivity index is 2.52. The monoisotopic (exact) mass is 358 g/mol. The summed E-state index contributed by atoms with van der Waals surface area (Å²) >= 11 is 4.87. The summed E-state index contributed by atoms with van der Waals surface area (Å²) in [5, 5.41) is 2.86. The molecular formula is C13H15BrN2O3S. The van der Waals surface area contributed by atoms with Crippen LogP contribution >= 0.6 is 27.3 Å². The number of hydrogen-bond acceptors (Lipinski definition) is 4. The lowest BCUT2D eigenvalue weighted by molar-refractivity contribution is -0.136. The summed E-state index contributed by atoms with van der Waals surface area (Å²) in [6.45, 7) is 4.13. The van der Waals surface area contributed by atoms with Crippen molar-refractivity contribution in [3.05, 3.63) is 32.1 Å². The van der Waals surface area contributed by atoms with Gasteiger partial charge >= 0.3 is 12.0 Å². The Bertz CT molecular complexity index is 582. The maximum Gasteiger partial charge on any atom is 0.338 e. The third-order valence-corrected chi connectivity index (χ3v) is 4.88. The molecule has 0 unspecified atom stereocenters. The quantitative estimate of drug-likeness (QED) is 0.844. The molecule has 1 aliphatic rings. The van der Waals surface area contributed by atoms with Crippen LogP contribution in [0.4, 0.5) is 4.79 Å². The van der Waals surface area contributed by atoms with Crippen molar-refractivity contribution >= 4 is 39.3 Å². The molecule has 0 saturated heterocycles. The number of nitrogens with zero attached hydrogens (tertiary/aromatic N) is 1. The molecule has 1 N–H and O–H groups in total. The Morgan fingerprint density at radius 1 is 1.55 bits per heavy atom. The number of esters is 1. The first-order chi connectivity index (χ1) is 9.49. The van der Waals surface area contributed by atoms with Gasteiger partial charge in [0, 0.05) is 17.1 Å². The van der Waals surface area contributed by atoms with Crippen LogP contribution in [0.2, 0.25) is 0 Å². The van der Waals surface area contributed by atoms with Gasteiger partial charge in [0.1, 0.15) is 0 Å². The van der Waals surface area contributed by atoms with Crippen LogP contribution in [0.3, 0.4) is 0 Å². The molecule has 1 aliphatic heterocycles. The predicted octanol–water partition coefficient (Wildman–Crippen LogP) is 3.04. The lowest BCUT2D eigenvalue weighted by Gasteiger charge is -2.34. The second kappa shape index (κ2) is 5.97. The largest absolute Gasteiger partial charge is 0.466 e. The highest BCUT2D eigenvalue weighted by molar-refractivity contribution is 9.11. The van der Waals surface area contributed by atoms with Gasteiger partial charge in [-0.25, -0.2) is 9.59 Å². The van der Waals surface area contributed by atoms with Gasteiger partial charge in [0.05, 0.1) is 22.5 Å². The Morgan fingerprint density at radius 2 is 2.25 bits per heavy atom. The second-order valence-corrected chi connectivity index (χ2v) is 6.75. The number of carbonyl (C=O) groups excluding carboxylic acids is 2. The zero-order valence-electron chi connectivity index (χ0n) is 11.4. The molecule has 1 aromatic rings. The molecule has 0 bridgehead atoms. The predicted molar refractivity (Wildman–Crippen MR) is 80.4 cm³/mol. The number of rotatable bonds is 3. The number of thiophene rings is 1. The van der Waals surface area contributed by atoms with Crippen LogP contribution in [-0.4, -0.2) is 30.6 Å². The van der Waals surface area contributed by atoms with Crippen molar-refractivity contribution in [2.75, 3.05) is 13.7 Å². The van der Waals surface area contributed by atoms with Gasteiger partial charge in [0.2, 0.25) is 0 Å². The van der Waals surface area contributed by atoms with E-state index in [4.69, 9.17) is 4.74 Å². The molecule has 1 atom stereocenters. The van der Waals surface area contributed by atoms with Crippen molar-refractivity contribution in [2.24, 2.45) is 0 Å². The average molecular weight is 359 g/mol. The Morgan fingerprint density at radius 3 is 2.75 bits per heavy atom. The SMILES string of the molecule is CCN1C(=O)N[C@H](c2ccc(Br)s2)C(C(=O)OC)=C1C. The van der Waals surface area contributed by atoms with E-state index in [-0.39, 0.29) is 6.03 Å². The fourth-order valence-corrected chi connectivity index (χ4v) is 3.72. The summed E-state index contributed by atoms with van der Waals surface area (Å²) in [4.78, 5) is 26.6. The molecule has 5 nitrogen and oxygen atoms in total. The molecule has 2 heterocycles. The van der Waals surface area contributed by atoms with Crippen molar-refractivity contribution in [1.29, 1.82) is 0 Å². The van der Waals surface area contributed by atoms with E-state index >= 15 is 0 Å². The molecule has 0 spiro atoms. The number of urea groups is 1. The summed E-state index contributed by atoms with van der Waals surface area (Å²) in [5.74, 6) is -0.421. The van der Waals surface area contributed by atoms with Gasteiger partial charge in [-0.3, -0.25) is 4.90 Å². The number of amides is 2. The van der Waals surface area contributed by atoms with Crippen molar-refractivity contribution in [1.82, 2.24) is 10.2 Å². The first kappa shape index (κ1) is 15.1. The normalized spacial score (nSPS) is 19.1. The number of carbonyl (C=O) groups is 2. The first-order valence-corrected chi connectivity index (χ1v) is 7.72. The van der Waals surface area contributed by atoms with Crippen molar-refractivity contribution in [3.63, 3.8) is 0 Å². The van der Waals surface area contributed by atoms with Gasteiger partial charge in [0.25, 0.3) is 0 Å². The summed E-state index contributed by atoms with van der Waals surface area (Å²) < 4.78 is 5.81. The van der Waals surface area contributed by atoms with Crippen molar-refractivity contribution in [3.8, 4) is 0 Å². The first-order valence-electron chi connectivity index (χ1n) is 6.12. The molecule has 108 valence electrons. The van der Waals surface area contributed by atoms with Gasteiger partial charge in [0.15, 0.2) is 0 Å². The summed E-state index contributed by atoms with van der Waals surface area (Å²) in [6.07, 6.45) is 0. The number of ether oxygens (including phenoxy) is 1. The van der Waals surface area contributed by atoms with E-state index < -0.39 is 12.0 Å². The minimum absolute atomic E-state index is 0.202. The number of hydrogen-bond donors (Lipinski definition) is 1. The van der Waals surface area contributed by atoms with Crippen LogP contribution in [0.25, 0.3) is 0 Å². The summed E-state index contributed by atoms with van der Waals surface area (Å²) in [6, 6.07) is 3.11. The van der Waals surface area contributed by atoms with E-state index in [1.165, 1.54) is 23.3 Å². The van der Waals surface area contributed by atoms with Gasteiger partial charge in [-0.05, 0) is 41.9 Å². The molecule has 0 fully saturated rings. The van der Waals surface area contributed by atoms with Gasteiger partial charge in [-0.2, -0.15) is 0 Å². The molecule has 20 heavy (non-hydrogen) atoms. The summed E-state index contributed by atoms with van der Waals surface area (Å²) in [5.41, 5.74) is 1.11.